The summed E-state index contributed by atoms with van der Waals surface area (Å²) in [4.78, 5) is 5.68. The van der Waals surface area contributed by atoms with Crippen LogP contribution in [0.2, 0.25) is 0 Å². The monoisotopic (exact) mass is 261 g/mol. The van der Waals surface area contributed by atoms with E-state index in [-0.39, 0.29) is 11.9 Å². The van der Waals surface area contributed by atoms with Crippen LogP contribution in [-0.2, 0) is 6.42 Å². The predicted octanol–water partition coefficient (Wildman–Crippen LogP) is 1.98. The van der Waals surface area contributed by atoms with Gasteiger partial charge in [0, 0.05) is 12.2 Å². The standard InChI is InChI=1S/C14H23N5/c1-4-7-11-9-6-8-10(3)12(11)19(5-2)14(17)18-13(15)16/h6,8-9H,4-5,7H2,1-3H3,(H5,15,16,17,18). The zero-order valence-corrected chi connectivity index (χ0v) is 11.9. The van der Waals surface area contributed by atoms with Crippen molar-refractivity contribution < 1.29 is 0 Å². The van der Waals surface area contributed by atoms with Crippen molar-refractivity contribution >= 4 is 17.6 Å². The molecular formula is C14H23N5. The van der Waals surface area contributed by atoms with Gasteiger partial charge in [-0.2, -0.15) is 4.99 Å². The van der Waals surface area contributed by atoms with Crippen LogP contribution in [-0.4, -0.2) is 18.5 Å². The SMILES string of the molecule is CCCc1cccc(C)c1N(CC)C(=N)N=C(N)N. The molecule has 0 bridgehead atoms. The van der Waals surface area contributed by atoms with E-state index in [2.05, 4.69) is 18.0 Å². The van der Waals surface area contributed by atoms with Crippen LogP contribution in [0.5, 0.6) is 0 Å². The fourth-order valence-electron chi connectivity index (χ4n) is 2.17. The van der Waals surface area contributed by atoms with Crippen LogP contribution in [0.15, 0.2) is 23.2 Å². The van der Waals surface area contributed by atoms with Gasteiger partial charge >= 0.3 is 0 Å². The average molecular weight is 261 g/mol. The molecule has 5 heteroatoms. The number of guanidine groups is 2. The molecule has 0 fully saturated rings. The lowest BCUT2D eigenvalue weighted by molar-refractivity contribution is 0.905. The van der Waals surface area contributed by atoms with Crippen LogP contribution >= 0.6 is 0 Å². The average Bonchev–Trinajstić information content (AvgIpc) is 2.33. The highest BCUT2D eigenvalue weighted by Crippen LogP contribution is 2.26. The van der Waals surface area contributed by atoms with E-state index < -0.39 is 0 Å². The van der Waals surface area contributed by atoms with Gasteiger partial charge < -0.3 is 16.4 Å². The number of benzene rings is 1. The quantitative estimate of drug-likeness (QED) is 0.571. The fraction of sp³-hybridized carbons (Fsp3) is 0.429. The molecule has 19 heavy (non-hydrogen) atoms. The van der Waals surface area contributed by atoms with Gasteiger partial charge in [-0.1, -0.05) is 31.5 Å². The van der Waals surface area contributed by atoms with Crippen molar-refractivity contribution in [1.29, 1.82) is 5.41 Å². The summed E-state index contributed by atoms with van der Waals surface area (Å²) >= 11 is 0. The van der Waals surface area contributed by atoms with Gasteiger partial charge in [-0.3, -0.25) is 5.41 Å². The first-order valence-corrected chi connectivity index (χ1v) is 6.55. The second-order valence-electron chi connectivity index (χ2n) is 4.44. The summed E-state index contributed by atoms with van der Waals surface area (Å²) in [5.41, 5.74) is 14.1. The van der Waals surface area contributed by atoms with E-state index in [1.165, 1.54) is 5.56 Å². The number of nitrogens with zero attached hydrogens (tertiary/aromatic N) is 2. The minimum absolute atomic E-state index is 0.0779. The number of hydrogen-bond acceptors (Lipinski definition) is 1. The maximum absolute atomic E-state index is 8.02. The highest BCUT2D eigenvalue weighted by atomic mass is 15.3. The van der Waals surface area contributed by atoms with Crippen LogP contribution in [0.3, 0.4) is 0 Å². The van der Waals surface area contributed by atoms with Crippen molar-refractivity contribution in [2.75, 3.05) is 11.4 Å². The first kappa shape index (κ1) is 15.0. The third-order valence-electron chi connectivity index (χ3n) is 2.92. The highest BCUT2D eigenvalue weighted by Gasteiger charge is 2.16. The minimum Gasteiger partial charge on any atom is -0.370 e. The molecule has 0 unspecified atom stereocenters. The van der Waals surface area contributed by atoms with Crippen LogP contribution in [0.1, 0.15) is 31.4 Å². The van der Waals surface area contributed by atoms with E-state index in [9.17, 15) is 0 Å². The topological polar surface area (TPSA) is 91.5 Å². The molecular weight excluding hydrogens is 238 g/mol. The number of aliphatic imine (C=N–C) groups is 1. The largest absolute Gasteiger partial charge is 0.370 e. The molecule has 0 aliphatic heterocycles. The highest BCUT2D eigenvalue weighted by molar-refractivity contribution is 6.02. The third-order valence-corrected chi connectivity index (χ3v) is 2.92. The van der Waals surface area contributed by atoms with E-state index in [1.807, 2.05) is 30.9 Å². The Morgan fingerprint density at radius 3 is 2.53 bits per heavy atom. The Labute approximate surface area is 114 Å². The van der Waals surface area contributed by atoms with Crippen LogP contribution in [0.25, 0.3) is 0 Å². The molecule has 5 N–H and O–H groups in total. The van der Waals surface area contributed by atoms with Gasteiger partial charge in [0.05, 0.1) is 0 Å². The minimum atomic E-state index is -0.0888. The lowest BCUT2D eigenvalue weighted by Crippen LogP contribution is -2.34. The molecule has 0 saturated carbocycles. The molecule has 5 nitrogen and oxygen atoms in total. The van der Waals surface area contributed by atoms with Crippen molar-refractivity contribution in [1.82, 2.24) is 0 Å². The molecule has 0 saturated heterocycles. The number of nitrogens with one attached hydrogen (secondary N) is 1. The Hall–Kier alpha value is -2.04. The van der Waals surface area contributed by atoms with Crippen molar-refractivity contribution in [2.45, 2.75) is 33.6 Å². The molecule has 104 valence electrons. The lowest BCUT2D eigenvalue weighted by atomic mass is 10.0. The second kappa shape index (κ2) is 6.78. The maximum atomic E-state index is 8.02. The Balaban J connectivity index is 3.24. The van der Waals surface area contributed by atoms with Crippen molar-refractivity contribution in [3.05, 3.63) is 29.3 Å². The fourth-order valence-corrected chi connectivity index (χ4v) is 2.17. The molecule has 0 atom stereocenters. The van der Waals surface area contributed by atoms with Gasteiger partial charge in [0.1, 0.15) is 0 Å². The number of aryl methyl sites for hydroxylation is 2. The van der Waals surface area contributed by atoms with E-state index in [1.54, 1.807) is 0 Å². The van der Waals surface area contributed by atoms with Crippen molar-refractivity contribution in [3.63, 3.8) is 0 Å². The summed E-state index contributed by atoms with van der Waals surface area (Å²) in [5, 5.41) is 8.02. The predicted molar refractivity (Wildman–Crippen MR) is 81.7 cm³/mol. The molecule has 0 aliphatic rings. The number of nitrogens with two attached hydrogens (primary N) is 2. The van der Waals surface area contributed by atoms with Crippen LogP contribution in [0.4, 0.5) is 5.69 Å². The van der Waals surface area contributed by atoms with E-state index in [0.29, 0.717) is 6.54 Å². The number of hydrogen-bond donors (Lipinski definition) is 3. The molecule has 0 radical (unpaired) electrons. The summed E-state index contributed by atoms with van der Waals surface area (Å²) in [6.45, 7) is 6.82. The Morgan fingerprint density at radius 2 is 2.00 bits per heavy atom. The molecule has 0 aliphatic carbocycles. The van der Waals surface area contributed by atoms with Gasteiger partial charge in [-0.15, -0.1) is 0 Å². The molecule has 0 aromatic heterocycles. The molecule has 0 heterocycles. The van der Waals surface area contributed by atoms with E-state index in [0.717, 1.165) is 24.1 Å². The van der Waals surface area contributed by atoms with Crippen LogP contribution < -0.4 is 16.4 Å². The Bertz CT molecular complexity index is 475. The van der Waals surface area contributed by atoms with Crippen molar-refractivity contribution in [3.8, 4) is 0 Å². The maximum Gasteiger partial charge on any atom is 0.225 e. The molecule has 1 rings (SSSR count). The second-order valence-corrected chi connectivity index (χ2v) is 4.44. The van der Waals surface area contributed by atoms with Gasteiger partial charge in [-0.25, -0.2) is 0 Å². The third kappa shape index (κ3) is 3.71. The zero-order valence-electron chi connectivity index (χ0n) is 11.9. The van der Waals surface area contributed by atoms with Gasteiger partial charge in [-0.05, 0) is 31.4 Å². The Morgan fingerprint density at radius 1 is 1.32 bits per heavy atom. The summed E-state index contributed by atoms with van der Waals surface area (Å²) in [5.74, 6) is -0.0109. The summed E-state index contributed by atoms with van der Waals surface area (Å²) in [6.07, 6.45) is 2.03. The van der Waals surface area contributed by atoms with Crippen molar-refractivity contribution in [2.24, 2.45) is 16.5 Å². The summed E-state index contributed by atoms with van der Waals surface area (Å²) in [7, 11) is 0. The lowest BCUT2D eigenvalue weighted by Gasteiger charge is -2.25. The van der Waals surface area contributed by atoms with E-state index >= 15 is 0 Å². The number of rotatable bonds is 4. The molecule has 1 aromatic rings. The molecule has 0 amide bonds. The van der Waals surface area contributed by atoms with Crippen LogP contribution in [0, 0.1) is 12.3 Å². The number of anilines is 1. The zero-order chi connectivity index (χ0) is 14.4. The Kier molecular flexibility index (Phi) is 5.36. The van der Waals surface area contributed by atoms with E-state index in [4.69, 9.17) is 16.9 Å². The smallest absolute Gasteiger partial charge is 0.225 e. The van der Waals surface area contributed by atoms with Gasteiger partial charge in [0.25, 0.3) is 0 Å². The normalized spacial score (nSPS) is 10.1. The van der Waals surface area contributed by atoms with Gasteiger partial charge in [0.2, 0.25) is 5.96 Å². The number of para-hydroxylation sites is 1. The molecule has 0 spiro atoms. The van der Waals surface area contributed by atoms with Gasteiger partial charge in [0.15, 0.2) is 5.96 Å². The summed E-state index contributed by atoms with van der Waals surface area (Å²) in [6, 6.07) is 6.18. The molecule has 1 aromatic carbocycles. The summed E-state index contributed by atoms with van der Waals surface area (Å²) < 4.78 is 0. The first-order valence-electron chi connectivity index (χ1n) is 6.55. The first-order chi connectivity index (χ1) is 9.01.